The van der Waals surface area contributed by atoms with E-state index in [0.29, 0.717) is 0 Å². The number of nitrogens with zero attached hydrogens (tertiary/aromatic N) is 1. The molecular weight excluding hydrogens is 122 g/mol. The Hall–Kier alpha value is -0.720. The van der Waals surface area contributed by atoms with Gasteiger partial charge in [0, 0.05) is 12.7 Å². The first-order chi connectivity index (χ1) is 4.54. The zero-order valence-electron chi connectivity index (χ0n) is 7.18. The van der Waals surface area contributed by atoms with Gasteiger partial charge in [-0.25, -0.2) is 0 Å². The van der Waals surface area contributed by atoms with Crippen LogP contribution in [0.2, 0.25) is 0 Å². The molecule has 0 spiro atoms. The molecule has 0 aliphatic carbocycles. The molecule has 0 radical (unpaired) electrons. The highest BCUT2D eigenvalue weighted by atomic mass is 15.2. The zero-order chi connectivity index (χ0) is 7.78. The van der Waals surface area contributed by atoms with E-state index >= 15 is 0 Å². The summed E-state index contributed by atoms with van der Waals surface area (Å²) in [6.07, 6.45) is 6.46. The third-order valence-electron chi connectivity index (χ3n) is 2.24. The van der Waals surface area contributed by atoms with Crippen molar-refractivity contribution in [2.45, 2.75) is 26.3 Å². The topological polar surface area (TPSA) is 3.24 Å². The second-order valence-electron chi connectivity index (χ2n) is 3.38. The Morgan fingerprint density at radius 1 is 1.40 bits per heavy atom. The molecule has 1 heterocycles. The molecule has 1 aliphatic rings. The molecule has 1 rings (SSSR count). The maximum absolute atomic E-state index is 2.27. The minimum absolute atomic E-state index is 0.193. The lowest BCUT2D eigenvalue weighted by molar-refractivity contribution is 0.258. The monoisotopic (exact) mass is 137 g/mol. The van der Waals surface area contributed by atoms with E-state index in [1.807, 2.05) is 0 Å². The fraction of sp³-hybridized carbons (Fsp3) is 0.556. The Balaban J connectivity index is 2.89. The van der Waals surface area contributed by atoms with Gasteiger partial charge >= 0.3 is 0 Å². The molecule has 0 bridgehead atoms. The highest BCUT2D eigenvalue weighted by Gasteiger charge is 2.21. The van der Waals surface area contributed by atoms with Crippen LogP contribution in [-0.4, -0.2) is 17.5 Å². The highest BCUT2D eigenvalue weighted by Crippen LogP contribution is 2.22. The van der Waals surface area contributed by atoms with E-state index in [2.05, 4.69) is 50.9 Å². The van der Waals surface area contributed by atoms with Gasteiger partial charge in [0.15, 0.2) is 0 Å². The van der Waals surface area contributed by atoms with Gasteiger partial charge in [-0.15, -0.1) is 0 Å². The van der Waals surface area contributed by atoms with Crippen molar-refractivity contribution in [1.82, 2.24) is 4.90 Å². The summed E-state index contributed by atoms with van der Waals surface area (Å²) < 4.78 is 0. The molecular formula is C9H15N. The Morgan fingerprint density at radius 2 is 2.00 bits per heavy atom. The summed E-state index contributed by atoms with van der Waals surface area (Å²) in [5.41, 5.74) is 1.52. The summed E-state index contributed by atoms with van der Waals surface area (Å²) in [4.78, 5) is 2.27. The van der Waals surface area contributed by atoms with Gasteiger partial charge in [0.25, 0.3) is 0 Å². The molecule has 0 fully saturated rings. The van der Waals surface area contributed by atoms with Crippen molar-refractivity contribution in [3.05, 3.63) is 23.9 Å². The predicted molar refractivity (Wildman–Crippen MR) is 44.7 cm³/mol. The molecule has 0 aromatic carbocycles. The largest absolute Gasteiger partial charge is 0.370 e. The SMILES string of the molecule is CC1=CC=CC(C)(C)N1C. The summed E-state index contributed by atoms with van der Waals surface area (Å²) in [6.45, 7) is 6.55. The van der Waals surface area contributed by atoms with E-state index in [0.717, 1.165) is 0 Å². The van der Waals surface area contributed by atoms with E-state index < -0.39 is 0 Å². The minimum Gasteiger partial charge on any atom is -0.370 e. The smallest absolute Gasteiger partial charge is 0.0525 e. The highest BCUT2D eigenvalue weighted by molar-refractivity contribution is 5.22. The van der Waals surface area contributed by atoms with Crippen LogP contribution in [0.25, 0.3) is 0 Å². The molecule has 0 aromatic heterocycles. The maximum Gasteiger partial charge on any atom is 0.0525 e. The lowest BCUT2D eigenvalue weighted by Gasteiger charge is -2.37. The molecule has 1 aliphatic heterocycles. The van der Waals surface area contributed by atoms with Crippen molar-refractivity contribution in [3.63, 3.8) is 0 Å². The van der Waals surface area contributed by atoms with E-state index in [4.69, 9.17) is 0 Å². The van der Waals surface area contributed by atoms with E-state index in [1.165, 1.54) is 5.70 Å². The Labute approximate surface area is 63.0 Å². The quantitative estimate of drug-likeness (QED) is 0.494. The van der Waals surface area contributed by atoms with Gasteiger partial charge in [0.05, 0.1) is 5.54 Å². The van der Waals surface area contributed by atoms with Crippen molar-refractivity contribution in [3.8, 4) is 0 Å². The van der Waals surface area contributed by atoms with Crippen LogP contribution in [0.3, 0.4) is 0 Å². The third-order valence-corrected chi connectivity index (χ3v) is 2.24. The van der Waals surface area contributed by atoms with Gasteiger partial charge < -0.3 is 4.90 Å². The summed E-state index contributed by atoms with van der Waals surface area (Å²) in [7, 11) is 2.12. The standard InChI is InChI=1S/C9H15N/c1-8-6-5-7-9(2,3)10(8)4/h5-7H,1-4H3. The van der Waals surface area contributed by atoms with Crippen LogP contribution >= 0.6 is 0 Å². The Bertz CT molecular complexity index is 187. The fourth-order valence-corrected chi connectivity index (χ4v) is 1.10. The van der Waals surface area contributed by atoms with Gasteiger partial charge in [-0.3, -0.25) is 0 Å². The molecule has 1 nitrogen and oxygen atoms in total. The van der Waals surface area contributed by atoms with Crippen molar-refractivity contribution in [1.29, 1.82) is 0 Å². The molecule has 0 amide bonds. The molecule has 0 aromatic rings. The number of allylic oxidation sites excluding steroid dienone is 3. The van der Waals surface area contributed by atoms with Crippen molar-refractivity contribution >= 4 is 0 Å². The van der Waals surface area contributed by atoms with Gasteiger partial charge in [-0.05, 0) is 26.8 Å². The van der Waals surface area contributed by atoms with Crippen LogP contribution in [0, 0.1) is 0 Å². The third kappa shape index (κ3) is 1.08. The summed E-state index contributed by atoms with van der Waals surface area (Å²) in [5, 5.41) is 0. The first-order valence-corrected chi connectivity index (χ1v) is 3.64. The number of likely N-dealkylation sites (N-methyl/N-ethyl adjacent to an activating group) is 1. The molecule has 0 saturated carbocycles. The normalized spacial score (nSPS) is 22.8. The summed E-state index contributed by atoms with van der Waals surface area (Å²) in [5.74, 6) is 0. The van der Waals surface area contributed by atoms with E-state index in [-0.39, 0.29) is 5.54 Å². The molecule has 56 valence electrons. The van der Waals surface area contributed by atoms with Gasteiger partial charge in [-0.2, -0.15) is 0 Å². The minimum atomic E-state index is 0.193. The Kier molecular flexibility index (Phi) is 1.59. The van der Waals surface area contributed by atoms with Crippen molar-refractivity contribution in [2.24, 2.45) is 0 Å². The van der Waals surface area contributed by atoms with Crippen molar-refractivity contribution < 1.29 is 0 Å². The van der Waals surface area contributed by atoms with Crippen LogP contribution in [0.1, 0.15) is 20.8 Å². The van der Waals surface area contributed by atoms with Crippen LogP contribution < -0.4 is 0 Å². The molecule has 10 heavy (non-hydrogen) atoms. The number of hydrogen-bond donors (Lipinski definition) is 0. The summed E-state index contributed by atoms with van der Waals surface area (Å²) >= 11 is 0. The average molecular weight is 137 g/mol. The van der Waals surface area contributed by atoms with E-state index in [9.17, 15) is 0 Å². The van der Waals surface area contributed by atoms with Crippen LogP contribution in [-0.2, 0) is 0 Å². The molecule has 0 saturated heterocycles. The van der Waals surface area contributed by atoms with Crippen LogP contribution in [0.4, 0.5) is 0 Å². The summed E-state index contributed by atoms with van der Waals surface area (Å²) in [6, 6.07) is 0. The molecule has 0 N–H and O–H groups in total. The lowest BCUT2D eigenvalue weighted by Crippen LogP contribution is -2.39. The average Bonchev–Trinajstić information content (AvgIpc) is 1.83. The second-order valence-corrected chi connectivity index (χ2v) is 3.38. The second kappa shape index (κ2) is 2.15. The zero-order valence-corrected chi connectivity index (χ0v) is 7.18. The molecule has 0 atom stereocenters. The first kappa shape index (κ1) is 7.39. The molecule has 0 unspecified atom stereocenters. The predicted octanol–water partition coefficient (Wildman–Crippen LogP) is 2.17. The van der Waals surface area contributed by atoms with Gasteiger partial charge in [0.1, 0.15) is 0 Å². The molecule has 1 heteroatoms. The first-order valence-electron chi connectivity index (χ1n) is 3.64. The lowest BCUT2D eigenvalue weighted by atomic mass is 9.99. The maximum atomic E-state index is 2.27. The number of rotatable bonds is 0. The van der Waals surface area contributed by atoms with Crippen LogP contribution in [0.5, 0.6) is 0 Å². The number of hydrogen-bond acceptors (Lipinski definition) is 1. The van der Waals surface area contributed by atoms with Crippen LogP contribution in [0.15, 0.2) is 23.9 Å². The van der Waals surface area contributed by atoms with Gasteiger partial charge in [-0.1, -0.05) is 12.2 Å². The van der Waals surface area contributed by atoms with Crippen molar-refractivity contribution in [2.75, 3.05) is 7.05 Å². The Morgan fingerprint density at radius 3 is 2.40 bits per heavy atom. The fourth-order valence-electron chi connectivity index (χ4n) is 1.10. The van der Waals surface area contributed by atoms with E-state index in [1.54, 1.807) is 0 Å². The van der Waals surface area contributed by atoms with Gasteiger partial charge in [0.2, 0.25) is 0 Å².